The largest absolute Gasteiger partial charge is 0.497 e. The van der Waals surface area contributed by atoms with Crippen LogP contribution in [0.1, 0.15) is 18.4 Å². The molecule has 1 atom stereocenters. The predicted molar refractivity (Wildman–Crippen MR) is 119 cm³/mol. The van der Waals surface area contributed by atoms with Crippen molar-refractivity contribution < 1.29 is 14.3 Å². The van der Waals surface area contributed by atoms with Gasteiger partial charge in [-0.25, -0.2) is 0 Å². The maximum absolute atomic E-state index is 12.9. The Labute approximate surface area is 178 Å². The minimum absolute atomic E-state index is 0.0186. The molecule has 29 heavy (non-hydrogen) atoms. The van der Waals surface area contributed by atoms with E-state index in [1.54, 1.807) is 20.2 Å². The molecule has 1 N–H and O–H groups in total. The summed E-state index contributed by atoms with van der Waals surface area (Å²) in [4.78, 5) is 26.6. The number of carbonyl (C=O) groups excluding carboxylic acids is 2. The highest BCUT2D eigenvalue weighted by Gasteiger charge is 2.21. The molecule has 0 fully saturated rings. The zero-order valence-corrected chi connectivity index (χ0v) is 18.2. The first-order chi connectivity index (χ1) is 13.9. The van der Waals surface area contributed by atoms with Crippen LogP contribution in [0.15, 0.2) is 65.1 Å². The lowest BCUT2D eigenvalue weighted by Crippen LogP contribution is -2.37. The molecular weight excluding hydrogens is 432 g/mol. The molecule has 0 heterocycles. The van der Waals surface area contributed by atoms with Gasteiger partial charge in [-0.15, -0.1) is 0 Å². The van der Waals surface area contributed by atoms with Crippen LogP contribution in [0, 0.1) is 0 Å². The quantitative estimate of drug-likeness (QED) is 0.581. The third kappa shape index (κ3) is 4.95. The monoisotopic (exact) mass is 454 g/mol. The molecule has 2 amide bonds. The van der Waals surface area contributed by atoms with Crippen LogP contribution < -0.4 is 10.1 Å². The number of hydrogen-bond acceptors (Lipinski definition) is 3. The van der Waals surface area contributed by atoms with Crippen molar-refractivity contribution >= 4 is 44.2 Å². The van der Waals surface area contributed by atoms with Crippen molar-refractivity contribution in [3.05, 3.63) is 70.7 Å². The SMILES string of the molecule is COc1ccc2cc([C@H](C)C(=O)N(C)CC(=O)Nc3ccccc3Br)ccc2c1. The van der Waals surface area contributed by atoms with Gasteiger partial charge in [0.25, 0.3) is 0 Å². The molecule has 0 saturated carbocycles. The van der Waals surface area contributed by atoms with Gasteiger partial charge in [0.05, 0.1) is 25.3 Å². The number of para-hydroxylation sites is 1. The van der Waals surface area contributed by atoms with Crippen molar-refractivity contribution in [2.24, 2.45) is 0 Å². The van der Waals surface area contributed by atoms with Gasteiger partial charge in [-0.3, -0.25) is 9.59 Å². The lowest BCUT2D eigenvalue weighted by molar-refractivity contribution is -0.134. The first-order valence-corrected chi connectivity index (χ1v) is 10.1. The topological polar surface area (TPSA) is 58.6 Å². The summed E-state index contributed by atoms with van der Waals surface area (Å²) < 4.78 is 6.05. The van der Waals surface area contributed by atoms with Crippen molar-refractivity contribution in [2.75, 3.05) is 26.0 Å². The van der Waals surface area contributed by atoms with Crippen LogP contribution in [0.3, 0.4) is 0 Å². The Morgan fingerprint density at radius 2 is 1.76 bits per heavy atom. The van der Waals surface area contributed by atoms with Crippen LogP contribution >= 0.6 is 15.9 Å². The molecular formula is C23H23BrN2O3. The summed E-state index contributed by atoms with van der Waals surface area (Å²) in [6.07, 6.45) is 0. The number of carbonyl (C=O) groups is 2. The average Bonchev–Trinajstić information content (AvgIpc) is 2.73. The van der Waals surface area contributed by atoms with Crippen LogP contribution in [0.25, 0.3) is 10.8 Å². The van der Waals surface area contributed by atoms with Gasteiger partial charge < -0.3 is 15.0 Å². The van der Waals surface area contributed by atoms with E-state index in [9.17, 15) is 9.59 Å². The Balaban J connectivity index is 1.68. The summed E-state index contributed by atoms with van der Waals surface area (Å²) in [6, 6.07) is 19.1. The van der Waals surface area contributed by atoms with Crippen LogP contribution in [0.4, 0.5) is 5.69 Å². The molecule has 150 valence electrons. The van der Waals surface area contributed by atoms with Crippen molar-refractivity contribution in [2.45, 2.75) is 12.8 Å². The smallest absolute Gasteiger partial charge is 0.244 e. The van der Waals surface area contributed by atoms with Gasteiger partial charge in [-0.05, 0) is 63.5 Å². The Bertz CT molecular complexity index is 1050. The summed E-state index contributed by atoms with van der Waals surface area (Å²) in [5.41, 5.74) is 1.59. The van der Waals surface area contributed by atoms with Gasteiger partial charge in [-0.1, -0.05) is 36.4 Å². The average molecular weight is 455 g/mol. The normalized spacial score (nSPS) is 11.7. The molecule has 3 rings (SSSR count). The molecule has 0 spiro atoms. The second kappa shape index (κ2) is 9.09. The first kappa shape index (κ1) is 20.9. The summed E-state index contributed by atoms with van der Waals surface area (Å²) >= 11 is 3.40. The first-order valence-electron chi connectivity index (χ1n) is 9.26. The molecule has 0 unspecified atom stereocenters. The Kier molecular flexibility index (Phi) is 6.54. The molecule has 6 heteroatoms. The van der Waals surface area contributed by atoms with E-state index in [2.05, 4.69) is 21.2 Å². The third-order valence-electron chi connectivity index (χ3n) is 4.85. The van der Waals surface area contributed by atoms with Gasteiger partial charge in [0, 0.05) is 11.5 Å². The lowest BCUT2D eigenvalue weighted by Gasteiger charge is -2.21. The summed E-state index contributed by atoms with van der Waals surface area (Å²) in [7, 11) is 3.28. The van der Waals surface area contributed by atoms with E-state index in [0.717, 1.165) is 26.6 Å². The molecule has 3 aromatic rings. The number of ether oxygens (including phenoxy) is 1. The maximum Gasteiger partial charge on any atom is 0.244 e. The summed E-state index contributed by atoms with van der Waals surface area (Å²) in [5.74, 6) is 0.0821. The highest BCUT2D eigenvalue weighted by molar-refractivity contribution is 9.10. The molecule has 0 aliphatic carbocycles. The molecule has 0 aromatic heterocycles. The molecule has 3 aromatic carbocycles. The minimum Gasteiger partial charge on any atom is -0.497 e. The standard InChI is InChI=1S/C23H23BrN2O3/c1-15(16-8-9-18-13-19(29-3)11-10-17(18)12-16)23(28)26(2)14-22(27)25-21-7-5-4-6-20(21)24/h4-13,15H,14H2,1-3H3,(H,25,27)/t15-/m0/s1. The number of benzene rings is 3. The molecule has 0 radical (unpaired) electrons. The fraction of sp³-hybridized carbons (Fsp3) is 0.217. The number of hydrogen-bond donors (Lipinski definition) is 1. The number of methoxy groups -OCH3 is 1. The van der Waals surface area contributed by atoms with Crippen LogP contribution in [0.5, 0.6) is 5.75 Å². The Hall–Kier alpha value is -2.86. The number of halogens is 1. The van der Waals surface area contributed by atoms with E-state index in [-0.39, 0.29) is 24.3 Å². The van der Waals surface area contributed by atoms with E-state index >= 15 is 0 Å². The molecule has 0 bridgehead atoms. The van der Waals surface area contributed by atoms with Crippen LogP contribution in [-0.4, -0.2) is 37.4 Å². The highest BCUT2D eigenvalue weighted by atomic mass is 79.9. The summed E-state index contributed by atoms with van der Waals surface area (Å²) in [6.45, 7) is 1.84. The summed E-state index contributed by atoms with van der Waals surface area (Å²) in [5, 5.41) is 4.91. The van der Waals surface area contributed by atoms with E-state index in [1.165, 1.54) is 4.90 Å². The van der Waals surface area contributed by atoms with Gasteiger partial charge in [-0.2, -0.15) is 0 Å². The third-order valence-corrected chi connectivity index (χ3v) is 5.54. The van der Waals surface area contributed by atoms with Gasteiger partial charge in [0.2, 0.25) is 11.8 Å². The number of amides is 2. The van der Waals surface area contributed by atoms with Gasteiger partial charge in [0.1, 0.15) is 5.75 Å². The number of nitrogens with one attached hydrogen (secondary N) is 1. The fourth-order valence-corrected chi connectivity index (χ4v) is 3.54. The molecule has 0 saturated heterocycles. The minimum atomic E-state index is -0.359. The Morgan fingerprint density at radius 3 is 2.48 bits per heavy atom. The number of anilines is 1. The van der Waals surface area contributed by atoms with Gasteiger partial charge in [0.15, 0.2) is 0 Å². The second-order valence-electron chi connectivity index (χ2n) is 6.92. The highest BCUT2D eigenvalue weighted by Crippen LogP contribution is 2.26. The van der Waals surface area contributed by atoms with E-state index in [1.807, 2.05) is 61.5 Å². The zero-order chi connectivity index (χ0) is 21.0. The maximum atomic E-state index is 12.9. The number of likely N-dealkylation sites (N-methyl/N-ethyl adjacent to an activating group) is 1. The Morgan fingerprint density at radius 1 is 1.07 bits per heavy atom. The molecule has 5 nitrogen and oxygen atoms in total. The van der Waals surface area contributed by atoms with Crippen molar-refractivity contribution in [3.63, 3.8) is 0 Å². The van der Waals surface area contributed by atoms with E-state index in [0.29, 0.717) is 5.69 Å². The second-order valence-corrected chi connectivity index (χ2v) is 7.77. The zero-order valence-electron chi connectivity index (χ0n) is 16.6. The lowest BCUT2D eigenvalue weighted by atomic mass is 9.96. The van der Waals surface area contributed by atoms with E-state index < -0.39 is 0 Å². The number of rotatable bonds is 6. The number of nitrogens with zero attached hydrogens (tertiary/aromatic N) is 1. The van der Waals surface area contributed by atoms with Crippen molar-refractivity contribution in [1.82, 2.24) is 4.90 Å². The van der Waals surface area contributed by atoms with Gasteiger partial charge >= 0.3 is 0 Å². The van der Waals surface area contributed by atoms with Crippen molar-refractivity contribution in [3.8, 4) is 5.75 Å². The van der Waals surface area contributed by atoms with E-state index in [4.69, 9.17) is 4.74 Å². The van der Waals surface area contributed by atoms with Crippen LogP contribution in [-0.2, 0) is 9.59 Å². The van der Waals surface area contributed by atoms with Crippen molar-refractivity contribution in [1.29, 1.82) is 0 Å². The number of fused-ring (bicyclic) bond motifs is 1. The predicted octanol–water partition coefficient (Wildman–Crippen LogP) is 4.81. The fourth-order valence-electron chi connectivity index (χ4n) is 3.16. The van der Waals surface area contributed by atoms with Crippen LogP contribution in [0.2, 0.25) is 0 Å². The molecule has 0 aliphatic rings. The molecule has 0 aliphatic heterocycles.